The Bertz CT molecular complexity index is 698. The fourth-order valence-electron chi connectivity index (χ4n) is 2.77. The van der Waals surface area contributed by atoms with E-state index < -0.39 is 6.04 Å². The molecule has 0 radical (unpaired) electrons. The number of benzene rings is 2. The summed E-state index contributed by atoms with van der Waals surface area (Å²) in [6, 6.07) is 15.2. The molecule has 1 atom stereocenters. The van der Waals surface area contributed by atoms with E-state index >= 15 is 0 Å². The largest absolute Gasteiger partial charge is 0.508 e. The minimum Gasteiger partial charge on any atom is -0.508 e. The van der Waals surface area contributed by atoms with Crippen LogP contribution in [0.2, 0.25) is 0 Å². The number of nitrogens with zero attached hydrogens (tertiary/aromatic N) is 1. The molecule has 1 saturated heterocycles. The smallest absolute Gasteiger partial charge is 0.254 e. The van der Waals surface area contributed by atoms with Gasteiger partial charge in [-0.3, -0.25) is 9.59 Å². The van der Waals surface area contributed by atoms with E-state index in [0.29, 0.717) is 25.1 Å². The number of piperazine rings is 1. The second-order valence-electron chi connectivity index (χ2n) is 5.54. The van der Waals surface area contributed by atoms with Gasteiger partial charge in [-0.1, -0.05) is 30.3 Å². The number of hydrogen-bond acceptors (Lipinski definition) is 3. The van der Waals surface area contributed by atoms with Gasteiger partial charge in [-0.25, -0.2) is 0 Å². The SMILES string of the molecule is O=C1NCCN(C(=O)c2ccc(O)cc2)[C@@H]1Cc1ccccc1. The molecule has 2 N–H and O–H groups in total. The van der Waals surface area contributed by atoms with Crippen molar-refractivity contribution in [3.8, 4) is 5.75 Å². The number of phenols is 1. The summed E-state index contributed by atoms with van der Waals surface area (Å²) in [6.45, 7) is 0.927. The van der Waals surface area contributed by atoms with Gasteiger partial charge in [0, 0.05) is 25.1 Å². The lowest BCUT2D eigenvalue weighted by Gasteiger charge is -2.35. The van der Waals surface area contributed by atoms with Crippen molar-refractivity contribution in [1.29, 1.82) is 0 Å². The first-order valence-corrected chi connectivity index (χ1v) is 7.57. The van der Waals surface area contributed by atoms with Crippen LogP contribution in [0.25, 0.3) is 0 Å². The van der Waals surface area contributed by atoms with Gasteiger partial charge in [-0.05, 0) is 29.8 Å². The number of carbonyl (C=O) groups is 2. The van der Waals surface area contributed by atoms with Crippen LogP contribution in [0.1, 0.15) is 15.9 Å². The van der Waals surface area contributed by atoms with Crippen LogP contribution in [0.3, 0.4) is 0 Å². The Morgan fingerprint density at radius 2 is 1.83 bits per heavy atom. The number of aromatic hydroxyl groups is 1. The molecule has 0 unspecified atom stereocenters. The van der Waals surface area contributed by atoms with Crippen molar-refractivity contribution in [1.82, 2.24) is 10.2 Å². The van der Waals surface area contributed by atoms with E-state index in [1.807, 2.05) is 30.3 Å². The Morgan fingerprint density at radius 3 is 2.52 bits per heavy atom. The maximum atomic E-state index is 12.7. The molecule has 0 bridgehead atoms. The van der Waals surface area contributed by atoms with E-state index in [9.17, 15) is 14.7 Å². The highest BCUT2D eigenvalue weighted by Crippen LogP contribution is 2.17. The number of carbonyl (C=O) groups excluding carboxylic acids is 2. The fraction of sp³-hybridized carbons (Fsp3) is 0.222. The maximum absolute atomic E-state index is 12.7. The summed E-state index contributed by atoms with van der Waals surface area (Å²) in [5.41, 5.74) is 1.48. The quantitative estimate of drug-likeness (QED) is 0.904. The molecule has 2 aromatic rings. The Labute approximate surface area is 134 Å². The molecule has 0 aromatic heterocycles. The Morgan fingerprint density at radius 1 is 1.13 bits per heavy atom. The molecule has 1 heterocycles. The van der Waals surface area contributed by atoms with Crippen LogP contribution in [0.4, 0.5) is 0 Å². The van der Waals surface area contributed by atoms with Gasteiger partial charge in [0.2, 0.25) is 5.91 Å². The third-order valence-electron chi connectivity index (χ3n) is 3.98. The van der Waals surface area contributed by atoms with Crippen LogP contribution < -0.4 is 5.32 Å². The fourth-order valence-corrected chi connectivity index (χ4v) is 2.77. The van der Waals surface area contributed by atoms with Crippen molar-refractivity contribution in [2.75, 3.05) is 13.1 Å². The minimum atomic E-state index is -0.521. The zero-order valence-corrected chi connectivity index (χ0v) is 12.6. The summed E-state index contributed by atoms with van der Waals surface area (Å²) in [4.78, 5) is 26.6. The van der Waals surface area contributed by atoms with E-state index in [-0.39, 0.29) is 17.6 Å². The topological polar surface area (TPSA) is 69.6 Å². The van der Waals surface area contributed by atoms with Crippen LogP contribution in [0, 0.1) is 0 Å². The van der Waals surface area contributed by atoms with Crippen molar-refractivity contribution in [3.05, 3.63) is 65.7 Å². The molecule has 23 heavy (non-hydrogen) atoms. The molecule has 3 rings (SSSR count). The van der Waals surface area contributed by atoms with E-state index in [4.69, 9.17) is 0 Å². The molecule has 1 fully saturated rings. The van der Waals surface area contributed by atoms with Gasteiger partial charge in [-0.15, -0.1) is 0 Å². The van der Waals surface area contributed by atoms with Crippen LogP contribution in [0.15, 0.2) is 54.6 Å². The van der Waals surface area contributed by atoms with Gasteiger partial charge in [0.05, 0.1) is 0 Å². The molecule has 2 aromatic carbocycles. The van der Waals surface area contributed by atoms with Crippen LogP contribution in [0.5, 0.6) is 5.75 Å². The van der Waals surface area contributed by atoms with Gasteiger partial charge in [0.1, 0.15) is 11.8 Å². The highest BCUT2D eigenvalue weighted by Gasteiger charge is 2.33. The molecule has 2 amide bonds. The Kier molecular flexibility index (Phi) is 4.28. The monoisotopic (exact) mass is 310 g/mol. The Balaban J connectivity index is 1.84. The third-order valence-corrected chi connectivity index (χ3v) is 3.98. The average Bonchev–Trinajstić information content (AvgIpc) is 2.58. The second kappa shape index (κ2) is 6.52. The third kappa shape index (κ3) is 3.34. The molecular weight excluding hydrogens is 292 g/mol. The predicted molar refractivity (Wildman–Crippen MR) is 86.1 cm³/mol. The average molecular weight is 310 g/mol. The molecule has 1 aliphatic rings. The number of nitrogens with one attached hydrogen (secondary N) is 1. The zero-order valence-electron chi connectivity index (χ0n) is 12.6. The van der Waals surface area contributed by atoms with Gasteiger partial charge >= 0.3 is 0 Å². The van der Waals surface area contributed by atoms with E-state index in [0.717, 1.165) is 5.56 Å². The second-order valence-corrected chi connectivity index (χ2v) is 5.54. The summed E-state index contributed by atoms with van der Waals surface area (Å²) in [5.74, 6) is -0.216. The lowest BCUT2D eigenvalue weighted by molar-refractivity contribution is -0.127. The number of amides is 2. The molecule has 5 nitrogen and oxygen atoms in total. The number of hydrogen-bond donors (Lipinski definition) is 2. The maximum Gasteiger partial charge on any atom is 0.254 e. The number of rotatable bonds is 3. The van der Waals surface area contributed by atoms with Crippen LogP contribution in [-0.4, -0.2) is 41.0 Å². The molecule has 0 saturated carbocycles. The van der Waals surface area contributed by atoms with Crippen molar-refractivity contribution in [2.45, 2.75) is 12.5 Å². The van der Waals surface area contributed by atoms with Gasteiger partial charge < -0.3 is 15.3 Å². The first-order chi connectivity index (χ1) is 11.1. The van der Waals surface area contributed by atoms with Crippen LogP contribution >= 0.6 is 0 Å². The molecule has 1 aliphatic heterocycles. The zero-order chi connectivity index (χ0) is 16.2. The molecular formula is C18H18N2O3. The molecule has 0 spiro atoms. The summed E-state index contributed by atoms with van der Waals surface area (Å²) in [6.07, 6.45) is 0.483. The minimum absolute atomic E-state index is 0.110. The van der Waals surface area contributed by atoms with Gasteiger partial charge in [0.15, 0.2) is 0 Å². The normalized spacial score (nSPS) is 17.7. The molecule has 0 aliphatic carbocycles. The van der Waals surface area contributed by atoms with E-state index in [1.165, 1.54) is 12.1 Å². The van der Waals surface area contributed by atoms with Crippen LogP contribution in [-0.2, 0) is 11.2 Å². The summed E-state index contributed by atoms with van der Waals surface area (Å²) >= 11 is 0. The van der Waals surface area contributed by atoms with Gasteiger partial charge in [0.25, 0.3) is 5.91 Å². The van der Waals surface area contributed by atoms with Crippen molar-refractivity contribution in [3.63, 3.8) is 0 Å². The number of phenolic OH excluding ortho intramolecular Hbond substituents is 1. The van der Waals surface area contributed by atoms with Gasteiger partial charge in [-0.2, -0.15) is 0 Å². The first-order valence-electron chi connectivity index (χ1n) is 7.57. The Hall–Kier alpha value is -2.82. The lowest BCUT2D eigenvalue weighted by Crippen LogP contribution is -2.58. The standard InChI is InChI=1S/C18H18N2O3/c21-15-8-6-14(7-9-15)18(23)20-11-10-19-17(22)16(20)12-13-4-2-1-3-5-13/h1-9,16,21H,10-12H2,(H,19,22)/t16-/m1/s1. The van der Waals surface area contributed by atoms with Crippen molar-refractivity contribution >= 4 is 11.8 Å². The van der Waals surface area contributed by atoms with E-state index in [1.54, 1.807) is 17.0 Å². The highest BCUT2D eigenvalue weighted by molar-refractivity contribution is 5.98. The van der Waals surface area contributed by atoms with Crippen molar-refractivity contribution in [2.24, 2.45) is 0 Å². The summed E-state index contributed by atoms with van der Waals surface area (Å²) in [5, 5.41) is 12.2. The summed E-state index contributed by atoms with van der Waals surface area (Å²) in [7, 11) is 0. The highest BCUT2D eigenvalue weighted by atomic mass is 16.3. The summed E-state index contributed by atoms with van der Waals surface area (Å²) < 4.78 is 0. The van der Waals surface area contributed by atoms with Crippen molar-refractivity contribution < 1.29 is 14.7 Å². The first kappa shape index (κ1) is 15.1. The molecule has 5 heteroatoms. The molecule has 118 valence electrons. The van der Waals surface area contributed by atoms with E-state index in [2.05, 4.69) is 5.32 Å². The predicted octanol–water partition coefficient (Wildman–Crippen LogP) is 1.58. The lowest BCUT2D eigenvalue weighted by atomic mass is 10.0.